The third-order valence-electron chi connectivity index (χ3n) is 4.98. The van der Waals surface area contributed by atoms with Gasteiger partial charge in [-0.15, -0.1) is 11.8 Å². The lowest BCUT2D eigenvalue weighted by Gasteiger charge is -2.48. The lowest BCUT2D eigenvalue weighted by molar-refractivity contribution is 0.298. The molecule has 2 aromatic rings. The lowest BCUT2D eigenvalue weighted by Crippen LogP contribution is -2.57. The summed E-state index contributed by atoms with van der Waals surface area (Å²) >= 11 is 1.70. The molecule has 0 bridgehead atoms. The summed E-state index contributed by atoms with van der Waals surface area (Å²) in [5, 5.41) is 4.37. The predicted octanol–water partition coefficient (Wildman–Crippen LogP) is 2.62. The first kappa shape index (κ1) is 17.3. The number of anilines is 1. The highest BCUT2D eigenvalue weighted by atomic mass is 32.2. The van der Waals surface area contributed by atoms with Gasteiger partial charge in [0.05, 0.1) is 16.3 Å². The monoisotopic (exact) mass is 371 g/mol. The van der Waals surface area contributed by atoms with Gasteiger partial charge >= 0.3 is 0 Å². The Labute approximate surface area is 156 Å². The molecule has 2 aliphatic heterocycles. The highest BCUT2D eigenvalue weighted by molar-refractivity contribution is 7.99. The molecule has 2 aliphatic rings. The molecule has 0 aliphatic carbocycles. The fourth-order valence-electron chi connectivity index (χ4n) is 3.77. The topological polar surface area (TPSA) is 66.5 Å². The normalized spacial score (nSPS) is 18.5. The summed E-state index contributed by atoms with van der Waals surface area (Å²) in [7, 11) is 0. The molecular formula is C19H22FN5S. The maximum absolute atomic E-state index is 14.4. The van der Waals surface area contributed by atoms with Gasteiger partial charge in [-0.05, 0) is 37.4 Å². The van der Waals surface area contributed by atoms with E-state index in [0.29, 0.717) is 11.4 Å². The zero-order valence-electron chi connectivity index (χ0n) is 14.5. The first-order valence-electron chi connectivity index (χ1n) is 8.86. The van der Waals surface area contributed by atoms with Crippen LogP contribution in [0.25, 0.3) is 0 Å². The molecule has 0 atom stereocenters. The van der Waals surface area contributed by atoms with Gasteiger partial charge in [-0.2, -0.15) is 0 Å². The third-order valence-corrected chi connectivity index (χ3v) is 5.90. The van der Waals surface area contributed by atoms with Gasteiger partial charge in [-0.25, -0.2) is 14.4 Å². The average Bonchev–Trinajstić information content (AvgIpc) is 2.66. The summed E-state index contributed by atoms with van der Waals surface area (Å²) in [5.41, 5.74) is 7.07. The lowest BCUT2D eigenvalue weighted by atomic mass is 9.92. The first-order valence-corrected chi connectivity index (χ1v) is 9.85. The minimum absolute atomic E-state index is 0.310. The van der Waals surface area contributed by atoms with Crippen molar-refractivity contribution in [2.45, 2.75) is 23.5 Å². The van der Waals surface area contributed by atoms with Gasteiger partial charge in [-0.1, -0.05) is 12.1 Å². The molecule has 0 amide bonds. The Morgan fingerprint density at radius 1 is 1.19 bits per heavy atom. The third kappa shape index (κ3) is 3.17. The molecule has 3 N–H and O–H groups in total. The maximum atomic E-state index is 14.4. The van der Waals surface area contributed by atoms with Gasteiger partial charge in [0, 0.05) is 31.3 Å². The molecule has 0 saturated carbocycles. The van der Waals surface area contributed by atoms with Crippen LogP contribution in [0.15, 0.2) is 52.6 Å². The van der Waals surface area contributed by atoms with Crippen LogP contribution < -0.4 is 16.0 Å². The van der Waals surface area contributed by atoms with Gasteiger partial charge in [-0.3, -0.25) is 0 Å². The minimum atomic E-state index is -0.388. The molecule has 0 unspecified atom stereocenters. The number of aromatic nitrogens is 1. The Balaban J connectivity index is 1.63. The quantitative estimate of drug-likeness (QED) is 0.809. The van der Waals surface area contributed by atoms with E-state index in [1.165, 1.54) is 6.07 Å². The van der Waals surface area contributed by atoms with Crippen LogP contribution in [0.4, 0.5) is 10.1 Å². The molecule has 1 aromatic heterocycles. The maximum Gasteiger partial charge on any atom is 0.136 e. The molecule has 3 heterocycles. The molecule has 1 aromatic carbocycles. The Hall–Kier alpha value is -2.12. The van der Waals surface area contributed by atoms with Crippen molar-refractivity contribution in [1.82, 2.24) is 10.3 Å². The number of pyridine rings is 1. The number of hydrogen-bond acceptors (Lipinski definition) is 6. The van der Waals surface area contributed by atoms with Crippen molar-refractivity contribution in [2.75, 3.05) is 30.3 Å². The molecule has 5 nitrogen and oxygen atoms in total. The zero-order chi connectivity index (χ0) is 18.0. The number of aliphatic imine (C=N–C) groups is 1. The van der Waals surface area contributed by atoms with Crippen LogP contribution in [0.2, 0.25) is 0 Å². The number of fused-ring (bicyclic) bond motifs is 1. The van der Waals surface area contributed by atoms with Crippen LogP contribution in [-0.2, 0) is 0 Å². The molecule has 7 heteroatoms. The summed E-state index contributed by atoms with van der Waals surface area (Å²) in [4.78, 5) is 11.4. The summed E-state index contributed by atoms with van der Waals surface area (Å²) in [6, 6.07) is 11.1. The molecule has 1 saturated heterocycles. The highest BCUT2D eigenvalue weighted by Gasteiger charge is 2.42. The molecule has 1 spiro atoms. The van der Waals surface area contributed by atoms with Crippen molar-refractivity contribution >= 4 is 23.3 Å². The van der Waals surface area contributed by atoms with Gasteiger partial charge < -0.3 is 16.0 Å². The Morgan fingerprint density at radius 3 is 2.81 bits per heavy atom. The molecule has 136 valence electrons. The van der Waals surface area contributed by atoms with E-state index in [-0.39, 0.29) is 11.5 Å². The van der Waals surface area contributed by atoms with Crippen LogP contribution in [0.3, 0.4) is 0 Å². The van der Waals surface area contributed by atoms with Crippen LogP contribution in [0.5, 0.6) is 0 Å². The fraction of sp³-hybridized carbons (Fsp3) is 0.368. The van der Waals surface area contributed by atoms with Crippen molar-refractivity contribution in [1.29, 1.82) is 0 Å². The van der Waals surface area contributed by atoms with Crippen LogP contribution in [0.1, 0.15) is 18.4 Å². The van der Waals surface area contributed by atoms with Crippen molar-refractivity contribution in [3.63, 3.8) is 0 Å². The smallest absolute Gasteiger partial charge is 0.136 e. The number of benzene rings is 1. The summed E-state index contributed by atoms with van der Waals surface area (Å²) in [6.07, 6.45) is 3.52. The Kier molecular flexibility index (Phi) is 4.82. The number of thioether (sulfide) groups is 1. The van der Waals surface area contributed by atoms with Crippen molar-refractivity contribution in [3.05, 3.63) is 54.0 Å². The number of nitrogens with two attached hydrogens (primary N) is 1. The molecular weight excluding hydrogens is 349 g/mol. The van der Waals surface area contributed by atoms with Crippen molar-refractivity contribution in [3.8, 4) is 0 Å². The SMILES string of the molecule is NC1=NC2(CCNCC2)N(CCSc2ccccn2)c2cccc(F)c21. The largest absolute Gasteiger partial charge is 0.383 e. The number of nitrogens with one attached hydrogen (secondary N) is 1. The van der Waals surface area contributed by atoms with Gasteiger partial charge in [0.15, 0.2) is 0 Å². The molecule has 1 fully saturated rings. The van der Waals surface area contributed by atoms with Gasteiger partial charge in [0.25, 0.3) is 0 Å². The van der Waals surface area contributed by atoms with E-state index in [1.807, 2.05) is 24.3 Å². The zero-order valence-corrected chi connectivity index (χ0v) is 15.3. The van der Waals surface area contributed by atoms with E-state index in [9.17, 15) is 4.39 Å². The van der Waals surface area contributed by atoms with Gasteiger partial charge in [0.2, 0.25) is 0 Å². The molecule has 0 radical (unpaired) electrons. The first-order chi connectivity index (χ1) is 12.7. The Bertz CT molecular complexity index is 805. The summed E-state index contributed by atoms with van der Waals surface area (Å²) in [6.45, 7) is 2.52. The number of rotatable bonds is 4. The number of nitrogens with zero attached hydrogens (tertiary/aromatic N) is 3. The van der Waals surface area contributed by atoms with E-state index in [1.54, 1.807) is 24.0 Å². The highest BCUT2D eigenvalue weighted by Crippen LogP contribution is 2.39. The van der Waals surface area contributed by atoms with E-state index in [0.717, 1.165) is 48.9 Å². The second kappa shape index (κ2) is 7.25. The van der Waals surface area contributed by atoms with E-state index < -0.39 is 0 Å². The van der Waals surface area contributed by atoms with Crippen LogP contribution >= 0.6 is 11.8 Å². The van der Waals surface area contributed by atoms with Crippen LogP contribution in [0, 0.1) is 5.82 Å². The molecule has 26 heavy (non-hydrogen) atoms. The average molecular weight is 371 g/mol. The number of amidine groups is 1. The van der Waals surface area contributed by atoms with Crippen LogP contribution in [-0.4, -0.2) is 41.9 Å². The standard InChI is InChI=1S/C19H22FN5S/c20-14-4-3-5-15-17(14)18(21)24-19(7-10-22-11-8-19)25(15)12-13-26-16-6-1-2-9-23-16/h1-6,9,22H,7-8,10-13H2,(H2,21,24). The van der Waals surface area contributed by atoms with Crippen molar-refractivity contribution < 1.29 is 4.39 Å². The van der Waals surface area contributed by atoms with Crippen molar-refractivity contribution in [2.24, 2.45) is 10.7 Å². The number of halogens is 1. The van der Waals surface area contributed by atoms with E-state index in [4.69, 9.17) is 10.7 Å². The minimum Gasteiger partial charge on any atom is -0.383 e. The second-order valence-corrected chi connectivity index (χ2v) is 7.65. The van der Waals surface area contributed by atoms with Gasteiger partial charge in [0.1, 0.15) is 17.3 Å². The molecule has 4 rings (SSSR count). The van der Waals surface area contributed by atoms with E-state index in [2.05, 4.69) is 15.2 Å². The Morgan fingerprint density at radius 2 is 2.04 bits per heavy atom. The van der Waals surface area contributed by atoms with E-state index >= 15 is 0 Å². The summed E-state index contributed by atoms with van der Waals surface area (Å²) < 4.78 is 14.4. The predicted molar refractivity (Wildman–Crippen MR) is 104 cm³/mol. The fourth-order valence-corrected chi connectivity index (χ4v) is 4.56. The number of piperidine rings is 1. The second-order valence-electron chi connectivity index (χ2n) is 6.53. The number of hydrogen-bond donors (Lipinski definition) is 2. The summed E-state index contributed by atoms with van der Waals surface area (Å²) in [5.74, 6) is 0.848.